The van der Waals surface area contributed by atoms with E-state index < -0.39 is 0 Å². The summed E-state index contributed by atoms with van der Waals surface area (Å²) in [7, 11) is 0. The van der Waals surface area contributed by atoms with Gasteiger partial charge < -0.3 is 11.1 Å². The van der Waals surface area contributed by atoms with Gasteiger partial charge in [0.2, 0.25) is 5.91 Å². The van der Waals surface area contributed by atoms with Crippen molar-refractivity contribution in [3.05, 3.63) is 23.4 Å². The molecule has 0 bridgehead atoms. The van der Waals surface area contributed by atoms with E-state index in [1.807, 2.05) is 32.9 Å². The zero-order chi connectivity index (χ0) is 14.3. The Morgan fingerprint density at radius 3 is 2.06 bits per heavy atom. The van der Waals surface area contributed by atoms with Crippen molar-refractivity contribution >= 4 is 5.91 Å². The van der Waals surface area contributed by atoms with E-state index in [2.05, 4.69) is 32.0 Å². The van der Waals surface area contributed by atoms with Gasteiger partial charge in [-0.15, -0.1) is 12.8 Å². The fraction of sp³-hybridized carbons (Fsp3) is 0.500. The van der Waals surface area contributed by atoms with E-state index >= 15 is 0 Å². The van der Waals surface area contributed by atoms with Crippen molar-refractivity contribution in [3.63, 3.8) is 0 Å². The smallest absolute Gasteiger partial charge is 0.236 e. The summed E-state index contributed by atoms with van der Waals surface area (Å²) in [6.45, 7) is 10.3. The van der Waals surface area contributed by atoms with Crippen LogP contribution in [-0.2, 0) is 4.79 Å². The van der Waals surface area contributed by atoms with Crippen molar-refractivity contribution in [1.29, 1.82) is 0 Å². The van der Waals surface area contributed by atoms with Crippen LogP contribution in [0.25, 0.3) is 0 Å². The third-order valence-electron chi connectivity index (χ3n) is 1.72. The highest BCUT2D eigenvalue weighted by Crippen LogP contribution is 1.99. The number of hydrogen-bond donors (Lipinski definition) is 2. The first-order chi connectivity index (χ1) is 8.06. The Bertz CT molecular complexity index is 263. The number of hydrogen-bond acceptors (Lipinski definition) is 2. The molecule has 0 radical (unpaired) electrons. The molecule has 0 spiro atoms. The minimum Gasteiger partial charge on any atom is -0.380 e. The lowest BCUT2D eigenvalue weighted by molar-refractivity contribution is -0.117. The molecule has 3 N–H and O–H groups in total. The van der Waals surface area contributed by atoms with Gasteiger partial charge in [-0.25, -0.2) is 0 Å². The molecule has 1 amide bonds. The molecule has 0 unspecified atom stereocenters. The molecule has 0 aliphatic heterocycles. The van der Waals surface area contributed by atoms with Crippen LogP contribution in [0.2, 0.25) is 0 Å². The predicted octanol–water partition coefficient (Wildman–Crippen LogP) is 2.60. The average molecular weight is 238 g/mol. The van der Waals surface area contributed by atoms with Gasteiger partial charge in [0.15, 0.2) is 0 Å². The molecule has 98 valence electrons. The summed E-state index contributed by atoms with van der Waals surface area (Å²) >= 11 is 0. The van der Waals surface area contributed by atoms with Gasteiger partial charge in [0.05, 0.1) is 6.54 Å². The van der Waals surface area contributed by atoms with Gasteiger partial charge >= 0.3 is 0 Å². The first-order valence-corrected chi connectivity index (χ1v) is 5.75. The molecule has 3 heteroatoms. The Morgan fingerprint density at radius 2 is 1.71 bits per heavy atom. The second kappa shape index (κ2) is 16.7. The Labute approximate surface area is 106 Å². The molecule has 0 atom stereocenters. The maximum absolute atomic E-state index is 10.4. The minimum absolute atomic E-state index is 0.196. The van der Waals surface area contributed by atoms with Crippen molar-refractivity contribution in [3.8, 4) is 12.8 Å². The fourth-order valence-corrected chi connectivity index (χ4v) is 0.671. The average Bonchev–Trinajstić information content (AvgIpc) is 2.38. The Balaban J connectivity index is -0.000000439. The number of amides is 1. The van der Waals surface area contributed by atoms with Crippen LogP contribution in [0.1, 0.15) is 41.0 Å². The van der Waals surface area contributed by atoms with E-state index in [9.17, 15) is 4.79 Å². The van der Waals surface area contributed by atoms with Crippen LogP contribution in [0.4, 0.5) is 0 Å². The maximum atomic E-state index is 10.4. The minimum atomic E-state index is -0.344. The van der Waals surface area contributed by atoms with Gasteiger partial charge in [-0.05, 0) is 26.3 Å². The van der Waals surface area contributed by atoms with Crippen LogP contribution in [0.5, 0.6) is 0 Å². The summed E-state index contributed by atoms with van der Waals surface area (Å²) in [6.07, 6.45) is 13.0. The van der Waals surface area contributed by atoms with Crippen molar-refractivity contribution in [1.82, 2.24) is 5.32 Å². The molecule has 0 aromatic rings. The van der Waals surface area contributed by atoms with E-state index in [4.69, 9.17) is 5.73 Å². The van der Waals surface area contributed by atoms with E-state index in [0.29, 0.717) is 0 Å². The molecule has 3 nitrogen and oxygen atoms in total. The highest BCUT2D eigenvalue weighted by Gasteiger charge is 1.91. The van der Waals surface area contributed by atoms with Gasteiger partial charge in [0.1, 0.15) is 0 Å². The van der Waals surface area contributed by atoms with Crippen LogP contribution >= 0.6 is 0 Å². The molecule has 0 fully saturated rings. The maximum Gasteiger partial charge on any atom is 0.236 e. The third kappa shape index (κ3) is 20.4. The number of allylic oxidation sites excluding steroid dienone is 4. The molecule has 0 aromatic heterocycles. The van der Waals surface area contributed by atoms with Gasteiger partial charge in [0, 0.05) is 5.70 Å². The van der Waals surface area contributed by atoms with Gasteiger partial charge in [0.25, 0.3) is 0 Å². The van der Waals surface area contributed by atoms with Crippen LogP contribution in [-0.4, -0.2) is 12.5 Å². The second-order valence-electron chi connectivity index (χ2n) is 3.04. The predicted molar refractivity (Wildman–Crippen MR) is 76.2 cm³/mol. The SMILES string of the molecule is C#C.CC.CC/C(C)=C\C=C(/C)NCC(N)=O. The highest BCUT2D eigenvalue weighted by molar-refractivity contribution is 5.76. The normalized spacial score (nSPS) is 10.3. The van der Waals surface area contributed by atoms with E-state index in [0.717, 1.165) is 12.1 Å². The Hall–Kier alpha value is -1.69. The topological polar surface area (TPSA) is 55.1 Å². The molecular formula is C14H26N2O. The lowest BCUT2D eigenvalue weighted by atomic mass is 10.2. The monoisotopic (exact) mass is 238 g/mol. The Morgan fingerprint density at radius 1 is 1.24 bits per heavy atom. The number of nitrogens with two attached hydrogens (primary N) is 1. The summed E-state index contributed by atoms with van der Waals surface area (Å²) in [5, 5.41) is 2.90. The van der Waals surface area contributed by atoms with Crippen LogP contribution in [0, 0.1) is 12.8 Å². The zero-order valence-electron chi connectivity index (χ0n) is 11.7. The quantitative estimate of drug-likeness (QED) is 0.571. The van der Waals surface area contributed by atoms with Gasteiger partial charge in [-0.1, -0.05) is 32.4 Å². The molecule has 0 heterocycles. The van der Waals surface area contributed by atoms with E-state index in [-0.39, 0.29) is 12.5 Å². The van der Waals surface area contributed by atoms with Crippen LogP contribution < -0.4 is 11.1 Å². The number of rotatable bonds is 5. The summed E-state index contributed by atoms with van der Waals surface area (Å²) in [4.78, 5) is 10.4. The first-order valence-electron chi connectivity index (χ1n) is 5.75. The lowest BCUT2D eigenvalue weighted by Gasteiger charge is -2.01. The number of primary amides is 1. The number of carbonyl (C=O) groups is 1. The largest absolute Gasteiger partial charge is 0.380 e. The number of terminal acetylenes is 1. The summed E-state index contributed by atoms with van der Waals surface area (Å²) in [5.41, 5.74) is 7.24. The first kappa shape index (κ1) is 20.7. The standard InChI is InChI=1S/C10H18N2O.C2H6.C2H2/c1-4-8(2)5-6-9(3)12-7-10(11)13;2*1-2/h5-6,12H,4,7H2,1-3H3,(H2,11,13);1-2H3;1-2H/b8-5-,9-6+;;. The van der Waals surface area contributed by atoms with Gasteiger partial charge in [-0.3, -0.25) is 4.79 Å². The zero-order valence-corrected chi connectivity index (χ0v) is 11.7. The molecule has 17 heavy (non-hydrogen) atoms. The summed E-state index contributed by atoms with van der Waals surface area (Å²) in [5.74, 6) is -0.344. The van der Waals surface area contributed by atoms with Crippen LogP contribution in [0.15, 0.2) is 23.4 Å². The Kier molecular flexibility index (Phi) is 20.4. The van der Waals surface area contributed by atoms with E-state index in [1.54, 1.807) is 0 Å². The molecular weight excluding hydrogens is 212 g/mol. The summed E-state index contributed by atoms with van der Waals surface area (Å²) < 4.78 is 0. The van der Waals surface area contributed by atoms with Crippen molar-refractivity contribution in [2.24, 2.45) is 5.73 Å². The number of carbonyl (C=O) groups excluding carboxylic acids is 1. The van der Waals surface area contributed by atoms with Gasteiger partial charge in [-0.2, -0.15) is 0 Å². The molecule has 0 aliphatic carbocycles. The molecule has 0 aromatic carbocycles. The van der Waals surface area contributed by atoms with E-state index in [1.165, 1.54) is 5.57 Å². The highest BCUT2D eigenvalue weighted by atomic mass is 16.1. The molecule has 0 aliphatic rings. The third-order valence-corrected chi connectivity index (χ3v) is 1.72. The summed E-state index contributed by atoms with van der Waals surface area (Å²) in [6, 6.07) is 0. The van der Waals surface area contributed by atoms with Crippen molar-refractivity contribution in [2.75, 3.05) is 6.54 Å². The molecule has 0 saturated carbocycles. The molecule has 0 saturated heterocycles. The van der Waals surface area contributed by atoms with Crippen molar-refractivity contribution in [2.45, 2.75) is 41.0 Å². The number of nitrogens with one attached hydrogen (secondary N) is 1. The second-order valence-corrected chi connectivity index (χ2v) is 3.04. The fourth-order valence-electron chi connectivity index (χ4n) is 0.671. The van der Waals surface area contributed by atoms with Crippen LogP contribution in [0.3, 0.4) is 0 Å². The lowest BCUT2D eigenvalue weighted by Crippen LogP contribution is -2.27. The molecule has 0 rings (SSSR count). The van der Waals surface area contributed by atoms with Crippen molar-refractivity contribution < 1.29 is 4.79 Å².